The van der Waals surface area contributed by atoms with Gasteiger partial charge in [-0.15, -0.1) is 0 Å². The van der Waals surface area contributed by atoms with Gasteiger partial charge in [0.2, 0.25) is 5.82 Å². The lowest BCUT2D eigenvalue weighted by Gasteiger charge is -2.20. The number of halogens is 2. The number of nitrogens with zero attached hydrogens (tertiary/aromatic N) is 1. The quantitative estimate of drug-likeness (QED) is 0.512. The normalized spacial score (nSPS) is 25.1. The Hall–Kier alpha value is -2.01. The molecule has 26 heavy (non-hydrogen) atoms. The first-order chi connectivity index (χ1) is 12.3. The zero-order valence-corrected chi connectivity index (χ0v) is 15.7. The topological polar surface area (TPSA) is 117 Å². The molecule has 2 heterocycles. The summed E-state index contributed by atoms with van der Waals surface area (Å²) in [6.07, 6.45) is -1.89. The second-order valence-electron chi connectivity index (χ2n) is 5.50. The largest absolute Gasteiger partial charge is 0.463 e. The van der Waals surface area contributed by atoms with Gasteiger partial charge in [-0.2, -0.15) is 4.39 Å². The predicted octanol–water partition coefficient (Wildman–Crippen LogP) is 0.612. The van der Waals surface area contributed by atoms with Gasteiger partial charge in [-0.25, -0.2) is 4.79 Å². The van der Waals surface area contributed by atoms with E-state index in [9.17, 15) is 23.6 Å². The zero-order chi connectivity index (χ0) is 19.4. The molecule has 9 nitrogen and oxygen atoms in total. The molecule has 1 unspecified atom stereocenters. The van der Waals surface area contributed by atoms with E-state index >= 15 is 0 Å². The number of aromatic nitrogens is 2. The highest BCUT2D eigenvalue weighted by molar-refractivity contribution is 9.09. The number of aromatic amines is 1. The Kier molecular flexibility index (Phi) is 6.70. The van der Waals surface area contributed by atoms with Crippen molar-refractivity contribution in [2.24, 2.45) is 0 Å². The van der Waals surface area contributed by atoms with Gasteiger partial charge in [-0.1, -0.05) is 29.8 Å². The van der Waals surface area contributed by atoms with Gasteiger partial charge >= 0.3 is 17.6 Å². The minimum absolute atomic E-state index is 0.107. The van der Waals surface area contributed by atoms with Crippen LogP contribution in [0.2, 0.25) is 0 Å². The summed E-state index contributed by atoms with van der Waals surface area (Å²) in [6, 6.07) is 0. The van der Waals surface area contributed by atoms with Gasteiger partial charge in [-0.3, -0.25) is 23.9 Å². The molecule has 11 heteroatoms. The minimum Gasteiger partial charge on any atom is -0.463 e. The molecule has 0 bridgehead atoms. The molecule has 1 aliphatic heterocycles. The van der Waals surface area contributed by atoms with Crippen molar-refractivity contribution in [1.82, 2.24) is 9.55 Å². The number of ether oxygens (including phenoxy) is 3. The SMILES string of the molecule is CCC(=O)OC[C@H]1OC(n2cc(F)c(=O)[nH]c2=O)[C@H](Br)[C@@H]1OC(=O)CC. The third kappa shape index (κ3) is 4.39. The van der Waals surface area contributed by atoms with Crippen molar-refractivity contribution in [1.29, 1.82) is 0 Å². The number of nitrogens with one attached hydrogen (secondary N) is 1. The Labute approximate surface area is 155 Å². The second-order valence-corrected chi connectivity index (χ2v) is 6.56. The van der Waals surface area contributed by atoms with Crippen LogP contribution in [0.5, 0.6) is 0 Å². The number of hydrogen-bond acceptors (Lipinski definition) is 7. The van der Waals surface area contributed by atoms with Crippen LogP contribution in [0, 0.1) is 5.82 Å². The summed E-state index contributed by atoms with van der Waals surface area (Å²) in [4.78, 5) is 47.3. The number of carbonyl (C=O) groups excluding carboxylic acids is 2. The Morgan fingerprint density at radius 3 is 2.58 bits per heavy atom. The van der Waals surface area contributed by atoms with Gasteiger partial charge < -0.3 is 14.2 Å². The summed E-state index contributed by atoms with van der Waals surface area (Å²) in [7, 11) is 0. The summed E-state index contributed by atoms with van der Waals surface area (Å²) in [5.74, 6) is -2.16. The van der Waals surface area contributed by atoms with Crippen molar-refractivity contribution < 1.29 is 28.2 Å². The highest BCUT2D eigenvalue weighted by Crippen LogP contribution is 2.36. The number of hydrogen-bond donors (Lipinski definition) is 1. The maximum atomic E-state index is 13.6. The third-order valence-electron chi connectivity index (χ3n) is 3.72. The molecule has 1 fully saturated rings. The van der Waals surface area contributed by atoms with Crippen LogP contribution in [0.4, 0.5) is 4.39 Å². The van der Waals surface area contributed by atoms with E-state index in [1.165, 1.54) is 0 Å². The lowest BCUT2D eigenvalue weighted by molar-refractivity contribution is -0.157. The lowest BCUT2D eigenvalue weighted by Crippen LogP contribution is -2.38. The molecule has 144 valence electrons. The fourth-order valence-corrected chi connectivity index (χ4v) is 3.18. The highest BCUT2D eigenvalue weighted by Gasteiger charge is 2.47. The smallest absolute Gasteiger partial charge is 0.330 e. The van der Waals surface area contributed by atoms with Crippen LogP contribution >= 0.6 is 15.9 Å². The minimum atomic E-state index is -1.17. The van der Waals surface area contributed by atoms with Crippen molar-refractivity contribution in [2.75, 3.05) is 6.61 Å². The zero-order valence-electron chi connectivity index (χ0n) is 14.1. The molecular formula is C15H18BrFN2O7. The Balaban J connectivity index is 2.30. The Morgan fingerprint density at radius 1 is 1.31 bits per heavy atom. The average Bonchev–Trinajstić information content (AvgIpc) is 2.91. The molecule has 2 rings (SSSR count). The third-order valence-corrected chi connectivity index (χ3v) is 4.69. The van der Waals surface area contributed by atoms with E-state index in [2.05, 4.69) is 15.9 Å². The molecule has 1 saturated heterocycles. The molecule has 0 aliphatic carbocycles. The molecular weight excluding hydrogens is 419 g/mol. The standard InChI is InChI=1S/C15H18BrFN2O7/c1-3-9(20)24-6-8-12(26-10(21)4-2)11(16)14(25-8)19-5-7(17)13(22)18-15(19)23/h5,8,11-12,14H,3-4,6H2,1-2H3,(H,18,22,23)/t8-,11-,12-,14?/m1/s1. The van der Waals surface area contributed by atoms with Crippen LogP contribution in [0.3, 0.4) is 0 Å². The van der Waals surface area contributed by atoms with E-state index in [0.717, 1.165) is 4.57 Å². The van der Waals surface area contributed by atoms with Crippen molar-refractivity contribution in [3.05, 3.63) is 32.9 Å². The second kappa shape index (κ2) is 8.58. The van der Waals surface area contributed by atoms with E-state index in [0.29, 0.717) is 6.20 Å². The Bertz CT molecular complexity index is 793. The van der Waals surface area contributed by atoms with Crippen molar-refractivity contribution in [2.45, 2.75) is 50.0 Å². The molecule has 0 amide bonds. The average molecular weight is 437 g/mol. The lowest BCUT2D eigenvalue weighted by atomic mass is 10.2. The van der Waals surface area contributed by atoms with E-state index in [1.54, 1.807) is 13.8 Å². The number of H-pyrrole nitrogens is 1. The van der Waals surface area contributed by atoms with Gasteiger partial charge in [0.25, 0.3) is 5.56 Å². The van der Waals surface area contributed by atoms with Gasteiger partial charge in [0.05, 0.1) is 11.0 Å². The summed E-state index contributed by atoms with van der Waals surface area (Å²) in [5, 5.41) is 0. The van der Waals surface area contributed by atoms with E-state index in [1.807, 2.05) is 4.98 Å². The Morgan fingerprint density at radius 2 is 1.96 bits per heavy atom. The van der Waals surface area contributed by atoms with Crippen LogP contribution in [-0.4, -0.2) is 45.1 Å². The van der Waals surface area contributed by atoms with Crippen LogP contribution in [0.15, 0.2) is 15.8 Å². The van der Waals surface area contributed by atoms with E-state index < -0.39 is 52.3 Å². The molecule has 1 aromatic rings. The summed E-state index contributed by atoms with van der Waals surface area (Å²) in [5.41, 5.74) is -2.05. The number of alkyl halides is 1. The summed E-state index contributed by atoms with van der Waals surface area (Å²) in [6.45, 7) is 3.01. The fourth-order valence-electron chi connectivity index (χ4n) is 2.35. The maximum absolute atomic E-state index is 13.6. The van der Waals surface area contributed by atoms with Gasteiger partial charge in [-0.05, 0) is 0 Å². The monoisotopic (exact) mass is 436 g/mol. The van der Waals surface area contributed by atoms with Crippen LogP contribution in [0.25, 0.3) is 0 Å². The highest BCUT2D eigenvalue weighted by atomic mass is 79.9. The van der Waals surface area contributed by atoms with Crippen molar-refractivity contribution in [3.63, 3.8) is 0 Å². The fraction of sp³-hybridized carbons (Fsp3) is 0.600. The number of esters is 2. The van der Waals surface area contributed by atoms with Crippen molar-refractivity contribution in [3.8, 4) is 0 Å². The first-order valence-electron chi connectivity index (χ1n) is 7.94. The molecule has 0 radical (unpaired) electrons. The predicted molar refractivity (Wildman–Crippen MR) is 89.3 cm³/mol. The molecule has 1 aliphatic rings. The molecule has 0 saturated carbocycles. The number of carbonyl (C=O) groups is 2. The van der Waals surface area contributed by atoms with Gasteiger partial charge in [0.15, 0.2) is 6.23 Å². The first-order valence-corrected chi connectivity index (χ1v) is 8.85. The maximum Gasteiger partial charge on any atom is 0.330 e. The van der Waals surface area contributed by atoms with Crippen LogP contribution in [-0.2, 0) is 23.8 Å². The van der Waals surface area contributed by atoms with E-state index in [4.69, 9.17) is 14.2 Å². The first kappa shape index (κ1) is 20.3. The summed E-state index contributed by atoms with van der Waals surface area (Å²) < 4.78 is 30.4. The molecule has 4 atom stereocenters. The molecule has 1 aromatic heterocycles. The molecule has 1 N–H and O–H groups in total. The van der Waals surface area contributed by atoms with E-state index in [-0.39, 0.29) is 19.4 Å². The van der Waals surface area contributed by atoms with Crippen LogP contribution in [0.1, 0.15) is 32.9 Å². The van der Waals surface area contributed by atoms with Crippen LogP contribution < -0.4 is 11.2 Å². The molecule has 0 aromatic carbocycles. The van der Waals surface area contributed by atoms with Gasteiger partial charge in [0, 0.05) is 12.8 Å². The van der Waals surface area contributed by atoms with Crippen molar-refractivity contribution >= 4 is 27.9 Å². The number of rotatable bonds is 6. The molecule has 0 spiro atoms. The summed E-state index contributed by atoms with van der Waals surface area (Å²) >= 11 is 3.29. The van der Waals surface area contributed by atoms with Gasteiger partial charge in [0.1, 0.15) is 18.8 Å².